The van der Waals surface area contributed by atoms with E-state index in [-0.39, 0.29) is 0 Å². The van der Waals surface area contributed by atoms with Crippen molar-refractivity contribution in [2.45, 2.75) is 37.2 Å². The maximum Gasteiger partial charge on any atom is 0.313 e. The van der Waals surface area contributed by atoms with E-state index in [1.54, 1.807) is 26.2 Å². The van der Waals surface area contributed by atoms with Crippen molar-refractivity contribution < 1.29 is 34.4 Å². The lowest BCUT2D eigenvalue weighted by Gasteiger charge is -2.29. The van der Waals surface area contributed by atoms with Crippen molar-refractivity contribution in [2.24, 2.45) is 5.73 Å². The molecule has 5 atom stereocenters. The van der Waals surface area contributed by atoms with Crippen molar-refractivity contribution in [3.63, 3.8) is 0 Å². The minimum Gasteiger partial charge on any atom is -0.497 e. The predicted molar refractivity (Wildman–Crippen MR) is 102 cm³/mol. The second-order valence-electron chi connectivity index (χ2n) is 6.55. The van der Waals surface area contributed by atoms with Gasteiger partial charge in [-0.3, -0.25) is 4.79 Å². The van der Waals surface area contributed by atoms with Gasteiger partial charge in [0.15, 0.2) is 6.10 Å². The van der Waals surface area contributed by atoms with E-state index in [0.29, 0.717) is 11.8 Å². The molecular formula is C20H25NO7. The number of carbonyl (C=O) groups excluding carboxylic acids is 2. The van der Waals surface area contributed by atoms with Crippen molar-refractivity contribution >= 4 is 23.0 Å². The van der Waals surface area contributed by atoms with Crippen LogP contribution in [0.5, 0.6) is 5.75 Å². The summed E-state index contributed by atoms with van der Waals surface area (Å²) < 4.78 is 10.4. The number of carbonyl (C=O) groups is 2. The highest BCUT2D eigenvalue weighted by Crippen LogP contribution is 2.26. The smallest absolute Gasteiger partial charge is 0.313 e. The Labute approximate surface area is 162 Å². The molecule has 2 aromatic rings. The van der Waals surface area contributed by atoms with Gasteiger partial charge in [0, 0.05) is 0 Å². The van der Waals surface area contributed by atoms with Gasteiger partial charge in [-0.05, 0) is 35.4 Å². The van der Waals surface area contributed by atoms with Gasteiger partial charge in [-0.15, -0.1) is 0 Å². The molecule has 0 aliphatic carbocycles. The monoisotopic (exact) mass is 391 g/mol. The molecule has 28 heavy (non-hydrogen) atoms. The summed E-state index contributed by atoms with van der Waals surface area (Å²) >= 11 is 0. The highest BCUT2D eigenvalue weighted by Gasteiger charge is 2.35. The third-order valence-electron chi connectivity index (χ3n) is 4.63. The summed E-state index contributed by atoms with van der Waals surface area (Å²) in [6.07, 6.45) is -4.49. The normalized spacial score (nSPS) is 16.6. The molecule has 0 heterocycles. The Morgan fingerprint density at radius 3 is 2.43 bits per heavy atom. The average Bonchev–Trinajstić information content (AvgIpc) is 2.74. The maximum absolute atomic E-state index is 12.6. The number of rotatable bonds is 9. The molecule has 0 radical (unpaired) electrons. The number of aliphatic hydroxyl groups excluding tert-OH is 3. The van der Waals surface area contributed by atoms with Crippen LogP contribution >= 0.6 is 0 Å². The van der Waals surface area contributed by atoms with Crippen molar-refractivity contribution in [1.29, 1.82) is 0 Å². The minimum absolute atomic E-state index is 0.305. The van der Waals surface area contributed by atoms with E-state index in [2.05, 4.69) is 0 Å². The predicted octanol–water partition coefficient (Wildman–Crippen LogP) is 0.104. The van der Waals surface area contributed by atoms with Crippen molar-refractivity contribution in [1.82, 2.24) is 0 Å². The Morgan fingerprint density at radius 2 is 1.82 bits per heavy atom. The summed E-state index contributed by atoms with van der Waals surface area (Å²) in [5, 5.41) is 30.4. The average molecular weight is 391 g/mol. The van der Waals surface area contributed by atoms with Gasteiger partial charge in [-0.2, -0.15) is 0 Å². The van der Waals surface area contributed by atoms with Crippen molar-refractivity contribution in [2.75, 3.05) is 13.7 Å². The molecule has 0 bridgehead atoms. The first-order valence-electron chi connectivity index (χ1n) is 8.78. The lowest BCUT2D eigenvalue weighted by molar-refractivity contribution is -0.165. The summed E-state index contributed by atoms with van der Waals surface area (Å²) in [6, 6.07) is 9.62. The third kappa shape index (κ3) is 4.85. The van der Waals surface area contributed by atoms with E-state index in [1.165, 1.54) is 0 Å². The first-order chi connectivity index (χ1) is 13.3. The number of ether oxygens (including phenoxy) is 2. The van der Waals surface area contributed by atoms with Crippen LogP contribution in [0.15, 0.2) is 36.4 Å². The fourth-order valence-corrected chi connectivity index (χ4v) is 2.79. The van der Waals surface area contributed by atoms with Gasteiger partial charge in [0.2, 0.25) is 0 Å². The van der Waals surface area contributed by atoms with Crippen LogP contribution in [-0.2, 0) is 14.3 Å². The molecule has 8 nitrogen and oxygen atoms in total. The van der Waals surface area contributed by atoms with E-state index in [4.69, 9.17) is 20.3 Å². The van der Waals surface area contributed by atoms with Gasteiger partial charge in [-0.25, -0.2) is 0 Å². The van der Waals surface area contributed by atoms with E-state index < -0.39 is 42.8 Å². The topological polar surface area (TPSA) is 139 Å². The number of methoxy groups -OCH3 is 1. The molecule has 0 aromatic heterocycles. The van der Waals surface area contributed by atoms with Crippen LogP contribution in [-0.4, -0.2) is 65.6 Å². The fraction of sp³-hybridized carbons (Fsp3) is 0.400. The molecule has 0 amide bonds. The van der Waals surface area contributed by atoms with Crippen molar-refractivity contribution in [3.05, 3.63) is 42.0 Å². The van der Waals surface area contributed by atoms with Crippen LogP contribution in [0.1, 0.15) is 18.4 Å². The highest BCUT2D eigenvalue weighted by molar-refractivity contribution is 5.87. The van der Waals surface area contributed by atoms with Crippen molar-refractivity contribution in [3.8, 4) is 5.75 Å². The number of aliphatic hydroxyl groups is 3. The van der Waals surface area contributed by atoms with E-state index in [0.717, 1.165) is 16.5 Å². The zero-order valence-electron chi connectivity index (χ0n) is 15.7. The first-order valence-corrected chi connectivity index (χ1v) is 8.78. The van der Waals surface area contributed by atoms with Crippen LogP contribution in [0.4, 0.5) is 0 Å². The molecule has 0 fully saturated rings. The SMILES string of the molecule is COc1ccc2cc([C@H](C)C(=O)O[C@@H]([C@H](O)[C@H](O)CO)[C@@H](N)C=O)ccc2c1. The Balaban J connectivity index is 2.21. The van der Waals surface area contributed by atoms with Gasteiger partial charge in [0.05, 0.1) is 19.6 Å². The molecule has 0 aliphatic rings. The number of hydrogen-bond acceptors (Lipinski definition) is 8. The highest BCUT2D eigenvalue weighted by atomic mass is 16.6. The number of hydrogen-bond donors (Lipinski definition) is 4. The molecule has 0 spiro atoms. The summed E-state index contributed by atoms with van der Waals surface area (Å²) in [5.41, 5.74) is 6.25. The zero-order chi connectivity index (χ0) is 20.8. The van der Waals surface area contributed by atoms with Gasteiger partial charge >= 0.3 is 5.97 Å². The number of benzene rings is 2. The number of esters is 1. The van der Waals surface area contributed by atoms with Crippen LogP contribution in [0.2, 0.25) is 0 Å². The van der Waals surface area contributed by atoms with E-state index >= 15 is 0 Å². The zero-order valence-corrected chi connectivity index (χ0v) is 15.7. The summed E-state index contributed by atoms with van der Waals surface area (Å²) in [6.45, 7) is 0.843. The molecule has 2 aromatic carbocycles. The Bertz CT molecular complexity index is 825. The molecule has 2 rings (SSSR count). The second kappa shape index (κ2) is 9.61. The Kier molecular flexibility index (Phi) is 7.47. The summed E-state index contributed by atoms with van der Waals surface area (Å²) in [5.74, 6) is -0.722. The summed E-state index contributed by atoms with van der Waals surface area (Å²) in [7, 11) is 1.58. The van der Waals surface area contributed by atoms with E-state index in [1.807, 2.05) is 24.3 Å². The Morgan fingerprint density at radius 1 is 1.18 bits per heavy atom. The number of nitrogens with two attached hydrogens (primary N) is 1. The lowest BCUT2D eigenvalue weighted by Crippen LogP contribution is -2.52. The summed E-state index contributed by atoms with van der Waals surface area (Å²) in [4.78, 5) is 23.6. The molecular weight excluding hydrogens is 366 g/mol. The van der Waals surface area contributed by atoms with Crippen LogP contribution < -0.4 is 10.5 Å². The van der Waals surface area contributed by atoms with Gasteiger partial charge in [0.1, 0.15) is 30.3 Å². The Hall–Kier alpha value is -2.52. The quantitative estimate of drug-likeness (QED) is 0.349. The van der Waals surface area contributed by atoms with Gasteiger partial charge < -0.3 is 35.3 Å². The molecule has 0 unspecified atom stereocenters. The standard InChI is InChI=1S/C20H25NO7/c1-11(12-3-4-14-8-15(27-2)6-5-13(14)7-12)20(26)28-19(16(21)9-22)18(25)17(24)10-23/h3-9,11,16-19,23-25H,10,21H2,1-2H3/t11-,16-,17+,18+,19+/m0/s1. The number of aldehydes is 1. The third-order valence-corrected chi connectivity index (χ3v) is 4.63. The van der Waals surface area contributed by atoms with Crippen LogP contribution in [0.3, 0.4) is 0 Å². The molecule has 152 valence electrons. The minimum atomic E-state index is -1.70. The van der Waals surface area contributed by atoms with Gasteiger partial charge in [-0.1, -0.05) is 24.3 Å². The van der Waals surface area contributed by atoms with Crippen LogP contribution in [0, 0.1) is 0 Å². The molecule has 0 saturated heterocycles. The largest absolute Gasteiger partial charge is 0.497 e. The molecule has 8 heteroatoms. The lowest BCUT2D eigenvalue weighted by atomic mass is 9.97. The maximum atomic E-state index is 12.6. The van der Waals surface area contributed by atoms with E-state index in [9.17, 15) is 19.8 Å². The second-order valence-corrected chi connectivity index (χ2v) is 6.55. The molecule has 0 saturated carbocycles. The molecule has 0 aliphatic heterocycles. The van der Waals surface area contributed by atoms with Crippen LogP contribution in [0.25, 0.3) is 10.8 Å². The first kappa shape index (κ1) is 21.8. The number of fused-ring (bicyclic) bond motifs is 1. The van der Waals surface area contributed by atoms with Gasteiger partial charge in [0.25, 0.3) is 0 Å². The fourth-order valence-electron chi connectivity index (χ4n) is 2.79. The molecule has 5 N–H and O–H groups in total.